The van der Waals surface area contributed by atoms with E-state index in [1.54, 1.807) is 0 Å². The molecule has 1 saturated carbocycles. The number of aryl methyl sites for hydroxylation is 1. The Balaban J connectivity index is 2.38. The van der Waals surface area contributed by atoms with E-state index in [-0.39, 0.29) is 5.41 Å². The van der Waals surface area contributed by atoms with Gasteiger partial charge in [-0.2, -0.15) is 0 Å². The number of hydrogen-bond donors (Lipinski definition) is 1. The lowest BCUT2D eigenvalue weighted by atomic mass is 9.68. The standard InChI is InChI=1S/C10H17N3/c1-8-6-12-9(13(8)2)10(7-11)4-3-5-10/h6H,3-5,7,11H2,1-2H3. The van der Waals surface area contributed by atoms with Crippen LogP contribution in [-0.4, -0.2) is 16.1 Å². The molecule has 0 spiro atoms. The monoisotopic (exact) mass is 179 g/mol. The zero-order valence-corrected chi connectivity index (χ0v) is 8.38. The van der Waals surface area contributed by atoms with Crippen molar-refractivity contribution in [3.05, 3.63) is 17.7 Å². The second-order valence-electron chi connectivity index (χ2n) is 4.12. The Morgan fingerprint density at radius 3 is 2.62 bits per heavy atom. The molecule has 0 atom stereocenters. The van der Waals surface area contributed by atoms with Crippen molar-refractivity contribution >= 4 is 0 Å². The number of hydrogen-bond acceptors (Lipinski definition) is 2. The van der Waals surface area contributed by atoms with Gasteiger partial charge in [0.2, 0.25) is 0 Å². The molecule has 1 aliphatic carbocycles. The number of nitrogens with two attached hydrogens (primary N) is 1. The van der Waals surface area contributed by atoms with Gasteiger partial charge < -0.3 is 10.3 Å². The van der Waals surface area contributed by atoms with Gasteiger partial charge >= 0.3 is 0 Å². The number of aromatic nitrogens is 2. The third-order valence-electron chi connectivity index (χ3n) is 3.40. The van der Waals surface area contributed by atoms with Gasteiger partial charge in [-0.1, -0.05) is 6.42 Å². The highest BCUT2D eigenvalue weighted by atomic mass is 15.1. The minimum absolute atomic E-state index is 0.197. The largest absolute Gasteiger partial charge is 0.335 e. The quantitative estimate of drug-likeness (QED) is 0.739. The minimum Gasteiger partial charge on any atom is -0.335 e. The summed E-state index contributed by atoms with van der Waals surface area (Å²) in [7, 11) is 2.08. The maximum absolute atomic E-state index is 5.83. The number of imidazole rings is 1. The van der Waals surface area contributed by atoms with E-state index in [0.29, 0.717) is 0 Å². The Bertz CT molecular complexity index is 304. The molecule has 0 aliphatic heterocycles. The average Bonchev–Trinajstić information content (AvgIpc) is 2.35. The van der Waals surface area contributed by atoms with Crippen molar-refractivity contribution in [1.82, 2.24) is 9.55 Å². The Kier molecular flexibility index (Phi) is 1.91. The van der Waals surface area contributed by atoms with Crippen LogP contribution in [0.1, 0.15) is 30.8 Å². The van der Waals surface area contributed by atoms with Crippen molar-refractivity contribution in [1.29, 1.82) is 0 Å². The zero-order valence-electron chi connectivity index (χ0n) is 8.38. The fourth-order valence-electron chi connectivity index (χ4n) is 2.11. The van der Waals surface area contributed by atoms with Gasteiger partial charge in [-0.15, -0.1) is 0 Å². The molecule has 0 saturated heterocycles. The van der Waals surface area contributed by atoms with E-state index >= 15 is 0 Å². The maximum atomic E-state index is 5.83. The highest BCUT2D eigenvalue weighted by Gasteiger charge is 2.40. The molecule has 72 valence electrons. The van der Waals surface area contributed by atoms with E-state index < -0.39 is 0 Å². The van der Waals surface area contributed by atoms with E-state index in [9.17, 15) is 0 Å². The molecule has 2 rings (SSSR count). The van der Waals surface area contributed by atoms with E-state index in [1.165, 1.54) is 30.8 Å². The molecule has 2 N–H and O–H groups in total. The first kappa shape index (κ1) is 8.75. The smallest absolute Gasteiger partial charge is 0.116 e. The highest BCUT2D eigenvalue weighted by Crippen LogP contribution is 2.41. The third kappa shape index (κ3) is 1.10. The SMILES string of the molecule is Cc1cnc(C2(CN)CCC2)n1C. The van der Waals surface area contributed by atoms with Gasteiger partial charge in [0.25, 0.3) is 0 Å². The first-order valence-corrected chi connectivity index (χ1v) is 4.88. The van der Waals surface area contributed by atoms with E-state index in [1.807, 2.05) is 6.20 Å². The van der Waals surface area contributed by atoms with Gasteiger partial charge in [0, 0.05) is 30.9 Å². The summed E-state index contributed by atoms with van der Waals surface area (Å²) in [6, 6.07) is 0. The molecule has 13 heavy (non-hydrogen) atoms. The van der Waals surface area contributed by atoms with Gasteiger partial charge in [-0.25, -0.2) is 4.98 Å². The normalized spacial score (nSPS) is 19.9. The molecule has 0 bridgehead atoms. The summed E-state index contributed by atoms with van der Waals surface area (Å²) in [6.07, 6.45) is 5.63. The van der Waals surface area contributed by atoms with Gasteiger partial charge in [0.05, 0.1) is 0 Å². The van der Waals surface area contributed by atoms with Gasteiger partial charge in [-0.3, -0.25) is 0 Å². The molecule has 0 unspecified atom stereocenters. The first-order chi connectivity index (χ1) is 6.19. The fraction of sp³-hybridized carbons (Fsp3) is 0.700. The molecule has 1 aromatic rings. The molecule has 0 radical (unpaired) electrons. The fourth-order valence-corrected chi connectivity index (χ4v) is 2.11. The lowest BCUT2D eigenvalue weighted by molar-refractivity contribution is 0.232. The van der Waals surface area contributed by atoms with Crippen molar-refractivity contribution in [3.63, 3.8) is 0 Å². The molecular formula is C10H17N3. The Morgan fingerprint density at radius 2 is 2.31 bits per heavy atom. The maximum Gasteiger partial charge on any atom is 0.116 e. The van der Waals surface area contributed by atoms with Crippen LogP contribution in [0.2, 0.25) is 0 Å². The molecule has 0 amide bonds. The van der Waals surface area contributed by atoms with Crippen LogP contribution in [0.3, 0.4) is 0 Å². The molecule has 1 aromatic heterocycles. The lowest BCUT2D eigenvalue weighted by Gasteiger charge is -2.40. The van der Waals surface area contributed by atoms with E-state index in [2.05, 4.69) is 23.5 Å². The minimum atomic E-state index is 0.197. The summed E-state index contributed by atoms with van der Waals surface area (Å²) >= 11 is 0. The van der Waals surface area contributed by atoms with E-state index in [4.69, 9.17) is 5.73 Å². The van der Waals surface area contributed by atoms with Gasteiger partial charge in [0.1, 0.15) is 5.82 Å². The molecule has 1 aliphatic rings. The van der Waals surface area contributed by atoms with Crippen molar-refractivity contribution in [2.45, 2.75) is 31.6 Å². The summed E-state index contributed by atoms with van der Waals surface area (Å²) < 4.78 is 2.17. The predicted octanol–water partition coefficient (Wildman–Crippen LogP) is 1.11. The van der Waals surface area contributed by atoms with Crippen molar-refractivity contribution in [3.8, 4) is 0 Å². The summed E-state index contributed by atoms with van der Waals surface area (Å²) in [5.41, 5.74) is 7.24. The third-order valence-corrected chi connectivity index (χ3v) is 3.40. The molecule has 3 nitrogen and oxygen atoms in total. The van der Waals surface area contributed by atoms with Crippen LogP contribution in [0.5, 0.6) is 0 Å². The Labute approximate surface area is 79.0 Å². The Morgan fingerprint density at radius 1 is 1.62 bits per heavy atom. The van der Waals surface area contributed by atoms with Crippen LogP contribution < -0.4 is 5.73 Å². The van der Waals surface area contributed by atoms with Crippen LogP contribution in [0.25, 0.3) is 0 Å². The van der Waals surface area contributed by atoms with Gasteiger partial charge in [0.15, 0.2) is 0 Å². The topological polar surface area (TPSA) is 43.8 Å². The van der Waals surface area contributed by atoms with Gasteiger partial charge in [-0.05, 0) is 19.8 Å². The van der Waals surface area contributed by atoms with Crippen molar-refractivity contribution in [2.75, 3.05) is 6.54 Å². The lowest BCUT2D eigenvalue weighted by Crippen LogP contribution is -2.43. The summed E-state index contributed by atoms with van der Waals surface area (Å²) in [4.78, 5) is 4.46. The second kappa shape index (κ2) is 2.84. The second-order valence-corrected chi connectivity index (χ2v) is 4.12. The van der Waals surface area contributed by atoms with Crippen LogP contribution in [0.4, 0.5) is 0 Å². The number of nitrogens with zero attached hydrogens (tertiary/aromatic N) is 2. The average molecular weight is 179 g/mol. The Hall–Kier alpha value is -0.830. The zero-order chi connectivity index (χ0) is 9.47. The molecule has 3 heteroatoms. The molecule has 0 aromatic carbocycles. The first-order valence-electron chi connectivity index (χ1n) is 4.88. The summed E-state index contributed by atoms with van der Waals surface area (Å²) in [6.45, 7) is 2.82. The molecule has 1 heterocycles. The highest BCUT2D eigenvalue weighted by molar-refractivity contribution is 5.18. The van der Waals surface area contributed by atoms with Crippen LogP contribution in [0, 0.1) is 6.92 Å². The molecular weight excluding hydrogens is 162 g/mol. The number of rotatable bonds is 2. The van der Waals surface area contributed by atoms with Crippen molar-refractivity contribution < 1.29 is 0 Å². The van der Waals surface area contributed by atoms with E-state index in [0.717, 1.165) is 6.54 Å². The van der Waals surface area contributed by atoms with Crippen LogP contribution >= 0.6 is 0 Å². The van der Waals surface area contributed by atoms with Crippen molar-refractivity contribution in [2.24, 2.45) is 12.8 Å². The predicted molar refractivity (Wildman–Crippen MR) is 52.5 cm³/mol. The summed E-state index contributed by atoms with van der Waals surface area (Å²) in [5.74, 6) is 1.18. The summed E-state index contributed by atoms with van der Waals surface area (Å²) in [5, 5.41) is 0. The van der Waals surface area contributed by atoms with Crippen LogP contribution in [-0.2, 0) is 12.5 Å². The van der Waals surface area contributed by atoms with Crippen LogP contribution in [0.15, 0.2) is 6.20 Å². The molecule has 1 fully saturated rings.